The van der Waals surface area contributed by atoms with Crippen LogP contribution in [-0.4, -0.2) is 42.6 Å². The van der Waals surface area contributed by atoms with Gasteiger partial charge in [-0.05, 0) is 26.0 Å². The van der Waals surface area contributed by atoms with Crippen LogP contribution in [0.5, 0.6) is 0 Å². The third kappa shape index (κ3) is 3.41. The lowest BCUT2D eigenvalue weighted by Crippen LogP contribution is -2.37. The highest BCUT2D eigenvalue weighted by Crippen LogP contribution is 2.12. The van der Waals surface area contributed by atoms with Crippen LogP contribution in [-0.2, 0) is 4.74 Å². The molecule has 3 N–H and O–H groups in total. The molecule has 18 heavy (non-hydrogen) atoms. The predicted octanol–water partition coefficient (Wildman–Crippen LogP) is 0.783. The topological polar surface area (TPSA) is 80.5 Å². The lowest BCUT2D eigenvalue weighted by Gasteiger charge is -2.24. The summed E-state index contributed by atoms with van der Waals surface area (Å²) in [5, 5.41) is 0. The van der Waals surface area contributed by atoms with Gasteiger partial charge in [-0.15, -0.1) is 0 Å². The molecule has 1 atom stereocenters. The number of anilines is 1. The second-order valence-corrected chi connectivity index (χ2v) is 4.25. The molecule has 0 radical (unpaired) electrons. The third-order valence-corrected chi connectivity index (χ3v) is 2.74. The van der Waals surface area contributed by atoms with Crippen LogP contribution in [0, 0.1) is 6.92 Å². The molecule has 1 aromatic rings. The van der Waals surface area contributed by atoms with Gasteiger partial charge in [-0.3, -0.25) is 4.79 Å². The smallest absolute Gasteiger partial charge is 0.254 e. The van der Waals surface area contributed by atoms with E-state index in [-0.39, 0.29) is 11.9 Å². The van der Waals surface area contributed by atoms with Crippen LogP contribution in [0.1, 0.15) is 23.0 Å². The number of nitrogens with two attached hydrogens (primary N) is 1. The molecule has 0 aliphatic carbocycles. The molecule has 0 fully saturated rings. The Labute approximate surface area is 107 Å². The Balaban J connectivity index is 2.92. The highest BCUT2D eigenvalue weighted by Gasteiger charge is 2.18. The number of nitrogen functional groups attached to an aromatic ring is 1. The maximum atomic E-state index is 12.3. The van der Waals surface area contributed by atoms with E-state index in [1.54, 1.807) is 31.2 Å². The number of aromatic nitrogens is 1. The maximum Gasteiger partial charge on any atom is 0.254 e. The van der Waals surface area contributed by atoms with Gasteiger partial charge in [0.25, 0.3) is 5.91 Å². The molecule has 0 aromatic carbocycles. The first-order valence-electron chi connectivity index (χ1n) is 5.71. The molecule has 0 aliphatic rings. The molecule has 1 amide bonds. The minimum atomic E-state index is -0.0819. The third-order valence-electron chi connectivity index (χ3n) is 2.74. The number of rotatable bonds is 5. The van der Waals surface area contributed by atoms with E-state index in [0.29, 0.717) is 18.0 Å². The van der Waals surface area contributed by atoms with Gasteiger partial charge < -0.3 is 15.1 Å². The van der Waals surface area contributed by atoms with Gasteiger partial charge in [0.05, 0.1) is 12.6 Å². The number of hydrogen-bond acceptors (Lipinski definition) is 5. The predicted molar refractivity (Wildman–Crippen MR) is 70.2 cm³/mol. The molecule has 6 heteroatoms. The number of methoxy groups -OCH3 is 1. The van der Waals surface area contributed by atoms with E-state index in [0.717, 1.165) is 5.69 Å². The summed E-state index contributed by atoms with van der Waals surface area (Å²) in [6, 6.07) is 3.37. The first kappa shape index (κ1) is 14.4. The molecule has 1 aromatic heterocycles. The fourth-order valence-electron chi connectivity index (χ4n) is 1.62. The monoisotopic (exact) mass is 252 g/mol. The summed E-state index contributed by atoms with van der Waals surface area (Å²) in [5.41, 5.74) is 3.74. The molecule has 1 unspecified atom stereocenters. The van der Waals surface area contributed by atoms with Crippen molar-refractivity contribution in [2.75, 3.05) is 26.2 Å². The fourth-order valence-corrected chi connectivity index (χ4v) is 1.62. The molecule has 6 nitrogen and oxygen atoms in total. The molecule has 100 valence electrons. The maximum absolute atomic E-state index is 12.3. The number of likely N-dealkylation sites (N-methyl/N-ethyl adjacent to an activating group) is 1. The van der Waals surface area contributed by atoms with Gasteiger partial charge in [0.1, 0.15) is 5.82 Å². The van der Waals surface area contributed by atoms with Crippen LogP contribution in [0.15, 0.2) is 12.1 Å². The molecular formula is C12H20N4O2. The van der Waals surface area contributed by atoms with Gasteiger partial charge in [0.2, 0.25) is 0 Å². The lowest BCUT2D eigenvalue weighted by molar-refractivity contribution is 0.0633. The quantitative estimate of drug-likeness (QED) is 0.598. The summed E-state index contributed by atoms with van der Waals surface area (Å²) in [5.74, 6) is 5.71. The van der Waals surface area contributed by atoms with Crippen LogP contribution >= 0.6 is 0 Å². The van der Waals surface area contributed by atoms with Crippen molar-refractivity contribution in [3.63, 3.8) is 0 Å². The van der Waals surface area contributed by atoms with Crippen LogP contribution in [0.2, 0.25) is 0 Å². The number of nitrogens with one attached hydrogen (secondary N) is 1. The first-order valence-corrected chi connectivity index (χ1v) is 5.71. The molecule has 0 spiro atoms. The molecule has 0 saturated heterocycles. The number of hydrogen-bond donors (Lipinski definition) is 2. The number of ether oxygens (including phenoxy) is 1. The van der Waals surface area contributed by atoms with Crippen LogP contribution in [0.3, 0.4) is 0 Å². The Morgan fingerprint density at radius 2 is 2.28 bits per heavy atom. The van der Waals surface area contributed by atoms with E-state index in [1.165, 1.54) is 0 Å². The van der Waals surface area contributed by atoms with Crippen molar-refractivity contribution in [3.8, 4) is 0 Å². The van der Waals surface area contributed by atoms with Gasteiger partial charge in [-0.1, -0.05) is 0 Å². The van der Waals surface area contributed by atoms with Gasteiger partial charge in [0.15, 0.2) is 0 Å². The van der Waals surface area contributed by atoms with Gasteiger partial charge >= 0.3 is 0 Å². The van der Waals surface area contributed by atoms with Crippen LogP contribution in [0.4, 0.5) is 5.82 Å². The Morgan fingerprint density at radius 1 is 1.61 bits per heavy atom. The van der Waals surface area contributed by atoms with E-state index in [4.69, 9.17) is 10.6 Å². The van der Waals surface area contributed by atoms with Gasteiger partial charge in [-0.2, -0.15) is 0 Å². The zero-order chi connectivity index (χ0) is 13.7. The minimum Gasteiger partial charge on any atom is -0.383 e. The highest BCUT2D eigenvalue weighted by molar-refractivity contribution is 5.95. The molecular weight excluding hydrogens is 232 g/mol. The lowest BCUT2D eigenvalue weighted by atomic mass is 10.2. The van der Waals surface area contributed by atoms with E-state index >= 15 is 0 Å². The van der Waals surface area contributed by atoms with Crippen LogP contribution < -0.4 is 11.3 Å². The van der Waals surface area contributed by atoms with E-state index in [9.17, 15) is 4.79 Å². The Kier molecular flexibility index (Phi) is 5.06. The van der Waals surface area contributed by atoms with Crippen molar-refractivity contribution in [2.24, 2.45) is 5.84 Å². The van der Waals surface area contributed by atoms with Gasteiger partial charge in [-0.25, -0.2) is 10.8 Å². The number of amides is 1. The number of carbonyl (C=O) groups excluding carboxylic acids is 1. The summed E-state index contributed by atoms with van der Waals surface area (Å²) < 4.78 is 5.04. The standard InChI is InChI=1S/C12H20N4O2/c1-8-5-10(6-11(14-8)15-13)12(17)16(3)9(2)7-18-4/h5-6,9H,7,13H2,1-4H3,(H,14,15). The molecule has 0 aliphatic heterocycles. The molecule has 1 heterocycles. The van der Waals surface area contributed by atoms with Crippen LogP contribution in [0.25, 0.3) is 0 Å². The summed E-state index contributed by atoms with van der Waals surface area (Å²) in [4.78, 5) is 18.0. The van der Waals surface area contributed by atoms with E-state index in [2.05, 4.69) is 10.4 Å². The molecule has 0 saturated carbocycles. The van der Waals surface area contributed by atoms with Crippen molar-refractivity contribution in [2.45, 2.75) is 19.9 Å². The fraction of sp³-hybridized carbons (Fsp3) is 0.500. The van der Waals surface area contributed by atoms with Crippen molar-refractivity contribution in [3.05, 3.63) is 23.4 Å². The normalized spacial score (nSPS) is 12.1. The van der Waals surface area contributed by atoms with Crippen molar-refractivity contribution >= 4 is 11.7 Å². The number of aryl methyl sites for hydroxylation is 1. The SMILES string of the molecule is COCC(C)N(C)C(=O)c1cc(C)nc(NN)c1. The first-order chi connectivity index (χ1) is 8.49. The second kappa shape index (κ2) is 6.32. The largest absolute Gasteiger partial charge is 0.383 e. The minimum absolute atomic E-state index is 0.00487. The zero-order valence-electron chi connectivity index (χ0n) is 11.2. The van der Waals surface area contributed by atoms with Crippen molar-refractivity contribution in [1.82, 2.24) is 9.88 Å². The Hall–Kier alpha value is -1.66. The van der Waals surface area contributed by atoms with Crippen molar-refractivity contribution < 1.29 is 9.53 Å². The Morgan fingerprint density at radius 3 is 2.83 bits per heavy atom. The average molecular weight is 252 g/mol. The van der Waals surface area contributed by atoms with E-state index < -0.39 is 0 Å². The van der Waals surface area contributed by atoms with Crippen molar-refractivity contribution in [1.29, 1.82) is 0 Å². The average Bonchev–Trinajstić information content (AvgIpc) is 2.36. The summed E-state index contributed by atoms with van der Waals surface area (Å²) in [7, 11) is 3.36. The second-order valence-electron chi connectivity index (χ2n) is 4.25. The summed E-state index contributed by atoms with van der Waals surface area (Å²) in [6.07, 6.45) is 0. The van der Waals surface area contributed by atoms with Gasteiger partial charge in [0, 0.05) is 25.4 Å². The number of nitrogens with zero attached hydrogens (tertiary/aromatic N) is 2. The van der Waals surface area contributed by atoms with E-state index in [1.807, 2.05) is 13.8 Å². The summed E-state index contributed by atoms with van der Waals surface area (Å²) in [6.45, 7) is 4.24. The Bertz CT molecular complexity index is 423. The highest BCUT2D eigenvalue weighted by atomic mass is 16.5. The number of hydrazine groups is 1. The molecule has 0 bridgehead atoms. The number of pyridine rings is 1. The summed E-state index contributed by atoms with van der Waals surface area (Å²) >= 11 is 0. The zero-order valence-corrected chi connectivity index (χ0v) is 11.2. The number of carbonyl (C=O) groups is 1. The molecule has 1 rings (SSSR count).